The Morgan fingerprint density at radius 1 is 1.44 bits per heavy atom. The first-order valence-corrected chi connectivity index (χ1v) is 5.06. The summed E-state index contributed by atoms with van der Waals surface area (Å²) in [5.41, 5.74) is 0.482. The summed E-state index contributed by atoms with van der Waals surface area (Å²) in [6.45, 7) is 1.92. The van der Waals surface area contributed by atoms with Gasteiger partial charge in [-0.15, -0.1) is 0 Å². The van der Waals surface area contributed by atoms with Crippen molar-refractivity contribution < 1.29 is 14.7 Å². The normalized spacial score (nSPS) is 11.8. The molecule has 2 N–H and O–H groups in total. The standard InChI is InChI=1S/C11H14N2O3/c1-2-8(11(15)16)7-13-10(14)9-3-5-12-6-4-9/h3-6,8H,2,7H2,1H3,(H,13,14)(H,15,16). The Kier molecular flexibility index (Phi) is 4.44. The van der Waals surface area contributed by atoms with E-state index in [9.17, 15) is 9.59 Å². The van der Waals surface area contributed by atoms with E-state index in [1.165, 1.54) is 12.4 Å². The SMILES string of the molecule is CCC(CNC(=O)c1ccncc1)C(=O)O. The average Bonchev–Trinajstić information content (AvgIpc) is 2.30. The zero-order valence-electron chi connectivity index (χ0n) is 9.01. The van der Waals surface area contributed by atoms with Crippen LogP contribution in [-0.4, -0.2) is 28.5 Å². The minimum Gasteiger partial charge on any atom is -0.481 e. The van der Waals surface area contributed by atoms with Gasteiger partial charge in [0, 0.05) is 24.5 Å². The van der Waals surface area contributed by atoms with Gasteiger partial charge in [0.15, 0.2) is 0 Å². The first-order chi connectivity index (χ1) is 7.65. The van der Waals surface area contributed by atoms with Gasteiger partial charge in [0.25, 0.3) is 5.91 Å². The number of carboxylic acid groups (broad SMARTS) is 1. The van der Waals surface area contributed by atoms with Crippen molar-refractivity contribution in [3.05, 3.63) is 30.1 Å². The maximum atomic E-state index is 11.6. The Bertz CT molecular complexity index is 365. The van der Waals surface area contributed by atoms with Crippen LogP contribution in [-0.2, 0) is 4.79 Å². The summed E-state index contributed by atoms with van der Waals surface area (Å²) in [5.74, 6) is -1.70. The van der Waals surface area contributed by atoms with E-state index >= 15 is 0 Å². The minimum atomic E-state index is -0.891. The largest absolute Gasteiger partial charge is 0.481 e. The first kappa shape index (κ1) is 12.2. The molecule has 1 aromatic rings. The van der Waals surface area contributed by atoms with E-state index in [2.05, 4.69) is 10.3 Å². The second-order valence-corrected chi connectivity index (χ2v) is 3.39. The molecular weight excluding hydrogens is 208 g/mol. The number of nitrogens with zero attached hydrogens (tertiary/aromatic N) is 1. The Labute approximate surface area is 93.5 Å². The number of aliphatic carboxylic acids is 1. The van der Waals surface area contributed by atoms with E-state index in [1.54, 1.807) is 19.1 Å². The summed E-state index contributed by atoms with van der Waals surface area (Å²) >= 11 is 0. The van der Waals surface area contributed by atoms with Crippen molar-refractivity contribution in [3.8, 4) is 0 Å². The third-order valence-corrected chi connectivity index (χ3v) is 2.29. The van der Waals surface area contributed by atoms with Crippen LogP contribution >= 0.6 is 0 Å². The van der Waals surface area contributed by atoms with Gasteiger partial charge in [-0.05, 0) is 18.6 Å². The molecule has 0 bridgehead atoms. The molecule has 0 fully saturated rings. The predicted octanol–water partition coefficient (Wildman–Crippen LogP) is 0.922. The number of pyridine rings is 1. The van der Waals surface area contributed by atoms with E-state index in [0.717, 1.165) is 0 Å². The maximum absolute atomic E-state index is 11.6. The van der Waals surface area contributed by atoms with Gasteiger partial charge in [-0.2, -0.15) is 0 Å². The lowest BCUT2D eigenvalue weighted by Gasteiger charge is -2.10. The van der Waals surface area contributed by atoms with Crippen molar-refractivity contribution in [1.29, 1.82) is 0 Å². The van der Waals surface area contributed by atoms with Crippen LogP contribution in [0.1, 0.15) is 23.7 Å². The number of rotatable bonds is 5. The smallest absolute Gasteiger partial charge is 0.308 e. The number of hydrogen-bond acceptors (Lipinski definition) is 3. The zero-order valence-corrected chi connectivity index (χ0v) is 9.01. The van der Waals surface area contributed by atoms with Crippen LogP contribution in [0.15, 0.2) is 24.5 Å². The monoisotopic (exact) mass is 222 g/mol. The van der Waals surface area contributed by atoms with Gasteiger partial charge in [0.1, 0.15) is 0 Å². The lowest BCUT2D eigenvalue weighted by Crippen LogP contribution is -2.32. The second kappa shape index (κ2) is 5.85. The Morgan fingerprint density at radius 3 is 2.56 bits per heavy atom. The minimum absolute atomic E-state index is 0.146. The molecule has 0 saturated carbocycles. The molecule has 0 aliphatic carbocycles. The molecule has 0 radical (unpaired) electrons. The molecular formula is C11H14N2O3. The summed E-state index contributed by atoms with van der Waals surface area (Å²) in [6.07, 6.45) is 3.53. The van der Waals surface area contributed by atoms with Crippen LogP contribution in [0.2, 0.25) is 0 Å². The van der Waals surface area contributed by atoms with Gasteiger partial charge < -0.3 is 10.4 Å². The number of nitrogens with one attached hydrogen (secondary N) is 1. The van der Waals surface area contributed by atoms with Crippen LogP contribution in [0.25, 0.3) is 0 Å². The van der Waals surface area contributed by atoms with Crippen LogP contribution in [0, 0.1) is 5.92 Å². The van der Waals surface area contributed by atoms with E-state index in [0.29, 0.717) is 12.0 Å². The first-order valence-electron chi connectivity index (χ1n) is 5.06. The van der Waals surface area contributed by atoms with Crippen molar-refractivity contribution in [1.82, 2.24) is 10.3 Å². The van der Waals surface area contributed by atoms with Gasteiger partial charge in [-0.3, -0.25) is 14.6 Å². The lowest BCUT2D eigenvalue weighted by atomic mass is 10.1. The highest BCUT2D eigenvalue weighted by molar-refractivity contribution is 5.94. The molecule has 5 nitrogen and oxygen atoms in total. The fourth-order valence-electron chi connectivity index (χ4n) is 1.23. The van der Waals surface area contributed by atoms with Crippen LogP contribution < -0.4 is 5.32 Å². The number of carbonyl (C=O) groups is 2. The topological polar surface area (TPSA) is 79.3 Å². The quantitative estimate of drug-likeness (QED) is 0.776. The molecule has 16 heavy (non-hydrogen) atoms. The fourth-order valence-corrected chi connectivity index (χ4v) is 1.23. The fraction of sp³-hybridized carbons (Fsp3) is 0.364. The van der Waals surface area contributed by atoms with Gasteiger partial charge in [0.2, 0.25) is 0 Å². The molecule has 1 atom stereocenters. The summed E-state index contributed by atoms with van der Waals surface area (Å²) in [5, 5.41) is 11.4. The molecule has 0 saturated heterocycles. The lowest BCUT2D eigenvalue weighted by molar-refractivity contribution is -0.141. The maximum Gasteiger partial charge on any atom is 0.308 e. The molecule has 86 valence electrons. The highest BCUT2D eigenvalue weighted by Crippen LogP contribution is 2.02. The Balaban J connectivity index is 2.50. The summed E-state index contributed by atoms with van der Waals surface area (Å²) < 4.78 is 0. The second-order valence-electron chi connectivity index (χ2n) is 3.39. The average molecular weight is 222 g/mol. The number of amides is 1. The molecule has 0 spiro atoms. The van der Waals surface area contributed by atoms with Crippen LogP contribution in [0.5, 0.6) is 0 Å². The molecule has 1 amide bonds. The summed E-state index contributed by atoms with van der Waals surface area (Å²) in [7, 11) is 0. The molecule has 1 rings (SSSR count). The Morgan fingerprint density at radius 2 is 2.06 bits per heavy atom. The van der Waals surface area contributed by atoms with Crippen molar-refractivity contribution in [3.63, 3.8) is 0 Å². The molecule has 1 unspecified atom stereocenters. The van der Waals surface area contributed by atoms with Gasteiger partial charge >= 0.3 is 5.97 Å². The van der Waals surface area contributed by atoms with Gasteiger partial charge in [-0.25, -0.2) is 0 Å². The van der Waals surface area contributed by atoms with Crippen molar-refractivity contribution in [2.24, 2.45) is 5.92 Å². The van der Waals surface area contributed by atoms with Crippen LogP contribution in [0.3, 0.4) is 0 Å². The van der Waals surface area contributed by atoms with Crippen molar-refractivity contribution in [2.75, 3.05) is 6.54 Å². The third kappa shape index (κ3) is 3.34. The molecule has 5 heteroatoms. The Hall–Kier alpha value is -1.91. The van der Waals surface area contributed by atoms with Crippen molar-refractivity contribution >= 4 is 11.9 Å². The van der Waals surface area contributed by atoms with Gasteiger partial charge in [0.05, 0.1) is 5.92 Å². The molecule has 1 aromatic heterocycles. The molecule has 0 aromatic carbocycles. The molecule has 0 aliphatic rings. The highest BCUT2D eigenvalue weighted by atomic mass is 16.4. The highest BCUT2D eigenvalue weighted by Gasteiger charge is 2.16. The van der Waals surface area contributed by atoms with Crippen LogP contribution in [0.4, 0.5) is 0 Å². The number of carboxylic acids is 1. The van der Waals surface area contributed by atoms with Crippen molar-refractivity contribution in [2.45, 2.75) is 13.3 Å². The molecule has 1 heterocycles. The van der Waals surface area contributed by atoms with Gasteiger partial charge in [-0.1, -0.05) is 6.92 Å². The van der Waals surface area contributed by atoms with E-state index in [4.69, 9.17) is 5.11 Å². The number of aromatic nitrogens is 1. The summed E-state index contributed by atoms with van der Waals surface area (Å²) in [6, 6.07) is 3.16. The van der Waals surface area contributed by atoms with E-state index in [1.807, 2.05) is 0 Å². The predicted molar refractivity (Wildman–Crippen MR) is 58.0 cm³/mol. The third-order valence-electron chi connectivity index (χ3n) is 2.29. The molecule has 0 aliphatic heterocycles. The van der Waals surface area contributed by atoms with E-state index in [-0.39, 0.29) is 12.5 Å². The van der Waals surface area contributed by atoms with E-state index < -0.39 is 11.9 Å². The summed E-state index contributed by atoms with van der Waals surface area (Å²) in [4.78, 5) is 26.1. The number of carbonyl (C=O) groups excluding carboxylic acids is 1. The number of hydrogen-bond donors (Lipinski definition) is 2. The zero-order chi connectivity index (χ0) is 12.0.